The van der Waals surface area contributed by atoms with Gasteiger partial charge in [0.15, 0.2) is 0 Å². The van der Waals surface area contributed by atoms with Crippen molar-refractivity contribution in [3.8, 4) is 55.9 Å². The van der Waals surface area contributed by atoms with E-state index in [4.69, 9.17) is 0 Å². The highest BCUT2D eigenvalue weighted by molar-refractivity contribution is 6.93. The van der Waals surface area contributed by atoms with Gasteiger partial charge in [-0.2, -0.15) is 0 Å². The van der Waals surface area contributed by atoms with E-state index in [1.54, 1.807) is 0 Å². The molecule has 0 saturated carbocycles. The van der Waals surface area contributed by atoms with Crippen LogP contribution in [0.15, 0.2) is 218 Å². The van der Waals surface area contributed by atoms with Gasteiger partial charge in [-0.1, -0.05) is 176 Å². The maximum absolute atomic E-state index is 2.73. The van der Waals surface area contributed by atoms with Crippen LogP contribution in [-0.2, 0) is 0 Å². The first-order valence-electron chi connectivity index (χ1n) is 25.3. The Balaban J connectivity index is 1.05. The molecule has 4 nitrogen and oxygen atoms in total. The van der Waals surface area contributed by atoms with Crippen molar-refractivity contribution in [3.63, 3.8) is 0 Å². The first-order chi connectivity index (χ1) is 35.8. The van der Waals surface area contributed by atoms with Crippen molar-refractivity contribution in [3.05, 3.63) is 218 Å². The predicted molar refractivity (Wildman–Crippen MR) is 304 cm³/mol. The number of benzene rings is 11. The van der Waals surface area contributed by atoms with Gasteiger partial charge in [-0.25, -0.2) is 0 Å². The third-order valence-corrected chi connectivity index (χ3v) is 17.5. The van der Waals surface area contributed by atoms with Crippen LogP contribution in [0.4, 0.5) is 0 Å². The van der Waals surface area contributed by atoms with Gasteiger partial charge in [-0.15, -0.1) is 0 Å². The van der Waals surface area contributed by atoms with Gasteiger partial charge < -0.3 is 18.1 Å². The standard InChI is InChI=1S/C66H36B2N4/c1-3-17-37(18-4-1)47-33-49-43-27-15-25-41-39-21-7-13-31-55(39)71(63(41)43)67-51-35-52-58(36-57(51)69-53-29-11-9-23-45(53)59(47)65(69)61(49)67)70-54-30-12-10-24-46(54)60-48(38-19-5-2-6-20-38)34-50-44-28-16-26-42-40-22-8-14-32-56(40)72(64(42)44)68(52)62(50)66(60)70/h1-36H. The van der Waals surface area contributed by atoms with Crippen LogP contribution in [0.3, 0.4) is 0 Å². The number of para-hydroxylation sites is 6. The summed E-state index contributed by atoms with van der Waals surface area (Å²) in [6.07, 6.45) is 0. The fourth-order valence-corrected chi connectivity index (χ4v) is 14.9. The van der Waals surface area contributed by atoms with Crippen LogP contribution >= 0.6 is 0 Å². The average molecular weight is 907 g/mol. The molecule has 11 aromatic carbocycles. The molecule has 0 unspecified atom stereocenters. The molecule has 0 bridgehead atoms. The fourth-order valence-electron chi connectivity index (χ4n) is 14.9. The van der Waals surface area contributed by atoms with Gasteiger partial charge in [0.2, 0.25) is 0 Å². The molecule has 19 rings (SSSR count). The molecule has 0 amide bonds. The third kappa shape index (κ3) is 4.07. The van der Waals surface area contributed by atoms with Crippen LogP contribution < -0.4 is 21.9 Å². The van der Waals surface area contributed by atoms with Gasteiger partial charge >= 0.3 is 13.7 Å². The van der Waals surface area contributed by atoms with E-state index in [1.807, 2.05) is 0 Å². The lowest BCUT2D eigenvalue weighted by Crippen LogP contribution is -2.60. The van der Waals surface area contributed by atoms with E-state index in [0.29, 0.717) is 0 Å². The van der Waals surface area contributed by atoms with Crippen LogP contribution in [0, 0.1) is 0 Å². The van der Waals surface area contributed by atoms with E-state index in [9.17, 15) is 0 Å². The zero-order valence-electron chi connectivity index (χ0n) is 38.7. The first-order valence-corrected chi connectivity index (χ1v) is 25.3. The lowest BCUT2D eigenvalue weighted by Gasteiger charge is -2.38. The van der Waals surface area contributed by atoms with Gasteiger partial charge in [0.05, 0.1) is 22.1 Å². The molecule has 0 radical (unpaired) electrons. The SMILES string of the molecule is c1ccc(-c2cc3c4c5c2c2ccccc2n5-c2cc5c(cc2B4n2c4ccccc4c4cccc-3c42)B2c3c(cc(-c4ccccc4)c4c6ccccc6n-5c34)-c3cccc4c5ccccc5n2c34)cc1. The molecule has 0 fully saturated rings. The van der Waals surface area contributed by atoms with E-state index in [0.717, 1.165) is 0 Å². The molecule has 72 heavy (non-hydrogen) atoms. The van der Waals surface area contributed by atoms with Crippen LogP contribution in [0.25, 0.3) is 143 Å². The van der Waals surface area contributed by atoms with Crippen LogP contribution in [0.1, 0.15) is 0 Å². The van der Waals surface area contributed by atoms with E-state index < -0.39 is 0 Å². The first kappa shape index (κ1) is 36.7. The van der Waals surface area contributed by atoms with Gasteiger partial charge in [0.1, 0.15) is 0 Å². The Bertz CT molecular complexity index is 4740. The monoisotopic (exact) mass is 906 g/mol. The molecular formula is C66H36B2N4. The topological polar surface area (TPSA) is 19.7 Å². The van der Waals surface area contributed by atoms with E-state index in [1.165, 1.54) is 165 Å². The minimum absolute atomic E-state index is 0.0956. The second-order valence-corrected chi connectivity index (χ2v) is 20.6. The smallest absolute Gasteiger partial charge is 0.333 e. The summed E-state index contributed by atoms with van der Waals surface area (Å²) < 4.78 is 10.8. The molecule has 0 saturated heterocycles. The Morgan fingerprint density at radius 3 is 1.11 bits per heavy atom. The molecule has 6 heteroatoms. The molecule has 8 heterocycles. The molecule has 326 valence electrons. The fraction of sp³-hybridized carbons (Fsp3) is 0. The highest BCUT2D eigenvalue weighted by atomic mass is 15.1. The van der Waals surface area contributed by atoms with Crippen LogP contribution in [0.5, 0.6) is 0 Å². The highest BCUT2D eigenvalue weighted by Gasteiger charge is 2.47. The van der Waals surface area contributed by atoms with Crippen molar-refractivity contribution in [2.45, 2.75) is 0 Å². The molecule has 4 aliphatic rings. The quantitative estimate of drug-likeness (QED) is 0.154. The van der Waals surface area contributed by atoms with E-state index in [-0.39, 0.29) is 13.7 Å². The van der Waals surface area contributed by atoms with Crippen molar-refractivity contribution in [1.29, 1.82) is 0 Å². The lowest BCUT2D eigenvalue weighted by molar-refractivity contribution is 1.13. The van der Waals surface area contributed by atoms with Gasteiger partial charge in [0.25, 0.3) is 0 Å². The normalized spacial score (nSPS) is 13.5. The number of aromatic nitrogens is 4. The molecule has 4 aromatic heterocycles. The highest BCUT2D eigenvalue weighted by Crippen LogP contribution is 2.50. The van der Waals surface area contributed by atoms with Gasteiger partial charge in [-0.3, -0.25) is 0 Å². The summed E-state index contributed by atoms with van der Waals surface area (Å²) in [5.41, 5.74) is 28.4. The Kier molecular flexibility index (Phi) is 6.40. The zero-order valence-corrected chi connectivity index (χ0v) is 38.7. The zero-order chi connectivity index (χ0) is 46.2. The number of rotatable bonds is 2. The summed E-state index contributed by atoms with van der Waals surface area (Å²) >= 11 is 0. The van der Waals surface area contributed by atoms with Crippen molar-refractivity contribution in [1.82, 2.24) is 18.1 Å². The summed E-state index contributed by atoms with van der Waals surface area (Å²) in [5, 5.41) is 10.4. The summed E-state index contributed by atoms with van der Waals surface area (Å²) in [6, 6.07) is 83.2. The Hall–Kier alpha value is -9.25. The summed E-state index contributed by atoms with van der Waals surface area (Å²) in [5.74, 6) is 0. The molecular weight excluding hydrogens is 870 g/mol. The second-order valence-electron chi connectivity index (χ2n) is 20.6. The largest absolute Gasteiger partial charge is 0.375 e. The lowest BCUT2D eigenvalue weighted by atomic mass is 9.41. The summed E-state index contributed by atoms with van der Waals surface area (Å²) in [6.45, 7) is -0.191. The molecule has 15 aromatic rings. The maximum atomic E-state index is 2.73. The maximum Gasteiger partial charge on any atom is 0.333 e. The predicted octanol–water partition coefficient (Wildman–Crippen LogP) is 13.3. The minimum Gasteiger partial charge on any atom is -0.375 e. The van der Waals surface area contributed by atoms with Crippen molar-refractivity contribution in [2.75, 3.05) is 0 Å². The summed E-state index contributed by atoms with van der Waals surface area (Å²) in [7, 11) is 0. The molecule has 0 N–H and O–H groups in total. The van der Waals surface area contributed by atoms with Crippen molar-refractivity contribution in [2.24, 2.45) is 0 Å². The third-order valence-electron chi connectivity index (χ3n) is 17.5. The second kappa shape index (κ2) is 12.6. The molecule has 0 spiro atoms. The van der Waals surface area contributed by atoms with Gasteiger partial charge in [0, 0.05) is 87.7 Å². The van der Waals surface area contributed by atoms with Gasteiger partial charge in [-0.05, 0) is 97.7 Å². The minimum atomic E-state index is -0.0956. The average Bonchev–Trinajstić information content (AvgIpc) is 4.19. The van der Waals surface area contributed by atoms with E-state index in [2.05, 4.69) is 236 Å². The van der Waals surface area contributed by atoms with Crippen molar-refractivity contribution < 1.29 is 0 Å². The molecule has 0 aliphatic carbocycles. The van der Waals surface area contributed by atoms with Crippen LogP contribution in [0.2, 0.25) is 0 Å². The number of hydrogen-bond acceptors (Lipinski definition) is 0. The number of fused-ring (bicyclic) bond motifs is 22. The molecule has 4 aliphatic heterocycles. The number of nitrogens with zero attached hydrogens (tertiary/aromatic N) is 4. The van der Waals surface area contributed by atoms with Crippen molar-refractivity contribution >= 4 is 123 Å². The van der Waals surface area contributed by atoms with E-state index >= 15 is 0 Å². The Morgan fingerprint density at radius 2 is 0.653 bits per heavy atom. The molecule has 0 atom stereocenters. The Labute approximate surface area is 413 Å². The Morgan fingerprint density at radius 1 is 0.264 bits per heavy atom. The number of hydrogen-bond donors (Lipinski definition) is 0. The van der Waals surface area contributed by atoms with Crippen LogP contribution in [-0.4, -0.2) is 31.8 Å². The summed E-state index contributed by atoms with van der Waals surface area (Å²) in [4.78, 5) is 0.